The molecule has 0 atom stereocenters. The third-order valence-corrected chi connectivity index (χ3v) is 7.29. The Labute approximate surface area is 223 Å². The second kappa shape index (κ2) is 11.8. The van der Waals surface area contributed by atoms with E-state index in [1.54, 1.807) is 22.5 Å². The molecule has 9 heteroatoms. The van der Waals surface area contributed by atoms with Crippen LogP contribution >= 0.6 is 35.0 Å². The van der Waals surface area contributed by atoms with Gasteiger partial charge in [0.05, 0.1) is 15.7 Å². The lowest BCUT2D eigenvalue weighted by molar-refractivity contribution is 0.303. The predicted octanol–water partition coefficient (Wildman–Crippen LogP) is 6.58. The van der Waals surface area contributed by atoms with Crippen molar-refractivity contribution in [3.8, 4) is 11.4 Å². The number of para-hydroxylation sites is 1. The molecule has 1 N–H and O–H groups in total. The van der Waals surface area contributed by atoms with E-state index in [4.69, 9.17) is 27.9 Å². The van der Waals surface area contributed by atoms with Gasteiger partial charge in [0.15, 0.2) is 0 Å². The van der Waals surface area contributed by atoms with Crippen LogP contribution in [0.2, 0.25) is 10.0 Å². The molecule has 5 aromatic rings. The molecule has 6 nitrogen and oxygen atoms in total. The van der Waals surface area contributed by atoms with Gasteiger partial charge in [-0.05, 0) is 57.1 Å². The Morgan fingerprint density at radius 3 is 2.58 bits per heavy atom. The topological polar surface area (TPSA) is 64.9 Å². The summed E-state index contributed by atoms with van der Waals surface area (Å²) in [4.78, 5) is 0. The Hall–Kier alpha value is -3.10. The first-order valence-corrected chi connectivity index (χ1v) is 13.2. The highest BCUT2D eigenvalue weighted by Gasteiger charge is 2.11. The Morgan fingerprint density at radius 1 is 0.889 bits per heavy atom. The molecule has 5 rings (SSSR count). The van der Waals surface area contributed by atoms with Gasteiger partial charge in [0.1, 0.15) is 12.4 Å². The molecule has 4 aromatic carbocycles. The number of rotatable bonds is 10. The standard InChI is InChI=1S/C27H23Cl2N5OS/c28-24-12-10-19(16-25(24)29)18-35-26-13-11-20-6-4-5-9-22(20)23(26)17-30-14-15-36-27-31-32-33-34(27)21-7-2-1-3-8-21/h1-13,16,30H,14-15,17-18H2. The average molecular weight is 536 g/mol. The summed E-state index contributed by atoms with van der Waals surface area (Å²) >= 11 is 13.8. The monoisotopic (exact) mass is 535 g/mol. The number of thioether (sulfide) groups is 1. The molecule has 0 radical (unpaired) electrons. The van der Waals surface area contributed by atoms with Gasteiger partial charge in [-0.1, -0.05) is 89.6 Å². The van der Waals surface area contributed by atoms with Crippen molar-refractivity contribution in [2.24, 2.45) is 0 Å². The molecule has 0 unspecified atom stereocenters. The maximum atomic E-state index is 6.23. The first-order chi connectivity index (χ1) is 17.7. The van der Waals surface area contributed by atoms with Crippen LogP contribution in [0, 0.1) is 0 Å². The van der Waals surface area contributed by atoms with Gasteiger partial charge in [-0.15, -0.1) is 5.10 Å². The lowest BCUT2D eigenvalue weighted by atomic mass is 10.0. The van der Waals surface area contributed by atoms with E-state index in [0.717, 1.165) is 45.4 Å². The van der Waals surface area contributed by atoms with Crippen LogP contribution in [0.3, 0.4) is 0 Å². The second-order valence-corrected chi connectivity index (χ2v) is 9.91. The average Bonchev–Trinajstić information content (AvgIpc) is 3.38. The fourth-order valence-corrected chi connectivity index (χ4v) is 4.96. The Morgan fingerprint density at radius 2 is 1.72 bits per heavy atom. The third kappa shape index (κ3) is 5.82. The van der Waals surface area contributed by atoms with Crippen molar-refractivity contribution >= 4 is 45.7 Å². The summed E-state index contributed by atoms with van der Waals surface area (Å²) in [7, 11) is 0. The number of benzene rings is 4. The number of hydrogen-bond acceptors (Lipinski definition) is 6. The number of fused-ring (bicyclic) bond motifs is 1. The molecule has 0 saturated heterocycles. The first-order valence-electron chi connectivity index (χ1n) is 11.4. The Balaban J connectivity index is 1.24. The Bertz CT molecular complexity index is 1460. The fourth-order valence-electron chi connectivity index (χ4n) is 3.85. The minimum absolute atomic E-state index is 0.403. The molecular weight excluding hydrogens is 513 g/mol. The van der Waals surface area contributed by atoms with E-state index in [2.05, 4.69) is 39.0 Å². The lowest BCUT2D eigenvalue weighted by Crippen LogP contribution is -2.18. The van der Waals surface area contributed by atoms with Gasteiger partial charge in [-0.2, -0.15) is 4.68 Å². The van der Waals surface area contributed by atoms with Gasteiger partial charge in [0, 0.05) is 24.4 Å². The van der Waals surface area contributed by atoms with Gasteiger partial charge in [-0.25, -0.2) is 0 Å². The van der Waals surface area contributed by atoms with Gasteiger partial charge in [0.2, 0.25) is 5.16 Å². The summed E-state index contributed by atoms with van der Waals surface area (Å²) < 4.78 is 7.98. The largest absolute Gasteiger partial charge is 0.489 e. The maximum Gasteiger partial charge on any atom is 0.214 e. The molecule has 0 saturated carbocycles. The Kier molecular flexibility index (Phi) is 8.03. The third-order valence-electron chi connectivity index (χ3n) is 5.63. The van der Waals surface area contributed by atoms with E-state index in [1.165, 1.54) is 5.39 Å². The van der Waals surface area contributed by atoms with E-state index < -0.39 is 0 Å². The van der Waals surface area contributed by atoms with Crippen LogP contribution < -0.4 is 10.1 Å². The van der Waals surface area contributed by atoms with Gasteiger partial charge >= 0.3 is 0 Å². The van der Waals surface area contributed by atoms with E-state index >= 15 is 0 Å². The summed E-state index contributed by atoms with van der Waals surface area (Å²) in [6, 6.07) is 27.9. The van der Waals surface area contributed by atoms with Crippen molar-refractivity contribution in [1.29, 1.82) is 0 Å². The molecule has 1 heterocycles. The minimum Gasteiger partial charge on any atom is -0.489 e. The minimum atomic E-state index is 0.403. The van der Waals surface area contributed by atoms with Crippen LogP contribution in [-0.4, -0.2) is 32.5 Å². The van der Waals surface area contributed by atoms with Crippen molar-refractivity contribution in [3.63, 3.8) is 0 Å². The number of nitrogens with zero attached hydrogens (tertiary/aromatic N) is 4. The quantitative estimate of drug-likeness (QED) is 0.161. The molecule has 0 amide bonds. The highest BCUT2D eigenvalue weighted by molar-refractivity contribution is 7.99. The summed E-state index contributed by atoms with van der Waals surface area (Å²) in [5.41, 5.74) is 3.02. The number of aromatic nitrogens is 4. The summed E-state index contributed by atoms with van der Waals surface area (Å²) in [6.07, 6.45) is 0. The molecule has 0 aliphatic carbocycles. The number of halogens is 2. The van der Waals surface area contributed by atoms with E-state index in [9.17, 15) is 0 Å². The lowest BCUT2D eigenvalue weighted by Gasteiger charge is -2.15. The molecule has 0 fully saturated rings. The van der Waals surface area contributed by atoms with Crippen LogP contribution in [-0.2, 0) is 13.2 Å². The van der Waals surface area contributed by atoms with Gasteiger partial charge in [0.25, 0.3) is 0 Å². The second-order valence-electron chi connectivity index (χ2n) is 8.03. The van der Waals surface area contributed by atoms with Crippen LogP contribution in [0.1, 0.15) is 11.1 Å². The van der Waals surface area contributed by atoms with Crippen molar-refractivity contribution < 1.29 is 4.74 Å². The smallest absolute Gasteiger partial charge is 0.214 e. The van der Waals surface area contributed by atoms with E-state index in [0.29, 0.717) is 23.2 Å². The number of nitrogens with one attached hydrogen (secondary N) is 1. The molecular formula is C27H23Cl2N5OS. The molecule has 36 heavy (non-hydrogen) atoms. The van der Waals surface area contributed by atoms with Gasteiger partial charge in [-0.3, -0.25) is 0 Å². The van der Waals surface area contributed by atoms with E-state index in [1.807, 2.05) is 60.7 Å². The summed E-state index contributed by atoms with van der Waals surface area (Å²) in [6.45, 7) is 1.85. The zero-order valence-electron chi connectivity index (χ0n) is 19.3. The molecule has 0 bridgehead atoms. The van der Waals surface area contributed by atoms with Crippen LogP contribution in [0.15, 0.2) is 90.1 Å². The number of ether oxygens (including phenoxy) is 1. The number of tetrazole rings is 1. The van der Waals surface area contributed by atoms with Crippen molar-refractivity contribution in [1.82, 2.24) is 25.5 Å². The number of hydrogen-bond donors (Lipinski definition) is 1. The maximum absolute atomic E-state index is 6.23. The molecule has 0 aliphatic heterocycles. The molecule has 0 spiro atoms. The van der Waals surface area contributed by atoms with Crippen LogP contribution in [0.4, 0.5) is 0 Å². The van der Waals surface area contributed by atoms with Crippen LogP contribution in [0.5, 0.6) is 5.75 Å². The SMILES string of the molecule is Clc1ccc(COc2ccc3ccccc3c2CNCCSc2nnnn2-c2ccccc2)cc1Cl. The van der Waals surface area contributed by atoms with Crippen molar-refractivity contribution in [2.45, 2.75) is 18.3 Å². The van der Waals surface area contributed by atoms with Crippen molar-refractivity contribution in [2.75, 3.05) is 12.3 Å². The molecule has 1 aromatic heterocycles. The van der Waals surface area contributed by atoms with E-state index in [-0.39, 0.29) is 0 Å². The zero-order chi connectivity index (χ0) is 24.7. The predicted molar refractivity (Wildman–Crippen MR) is 146 cm³/mol. The highest BCUT2D eigenvalue weighted by Crippen LogP contribution is 2.30. The van der Waals surface area contributed by atoms with Crippen molar-refractivity contribution in [3.05, 3.63) is 106 Å². The summed E-state index contributed by atoms with van der Waals surface area (Å²) in [5.74, 6) is 1.66. The summed E-state index contributed by atoms with van der Waals surface area (Å²) in [5, 5.41) is 19.8. The fraction of sp³-hybridized carbons (Fsp3) is 0.148. The van der Waals surface area contributed by atoms with Gasteiger partial charge < -0.3 is 10.1 Å². The zero-order valence-corrected chi connectivity index (χ0v) is 21.6. The van der Waals surface area contributed by atoms with Crippen LogP contribution in [0.25, 0.3) is 16.5 Å². The molecule has 0 aliphatic rings. The normalized spacial score (nSPS) is 11.2. The highest BCUT2D eigenvalue weighted by atomic mass is 35.5. The molecule has 182 valence electrons. The first kappa shape index (κ1) is 24.6.